The van der Waals surface area contributed by atoms with Crippen molar-refractivity contribution in [2.24, 2.45) is 58.7 Å². The van der Waals surface area contributed by atoms with Crippen LogP contribution >= 0.6 is 0 Å². The molecule has 13 atom stereocenters. The SMILES string of the molecule is C[C@@H]1[C@@H](NC(=O)[C@@H]2[C@H]([C@H](C)O)[C@H](CO)ON2CC2CCCC(C3CCCC(C(=O)NCCN(C)C)C3)C2OCC2CC2)C[C@H]2C[C@@H]1C2(C)C. The molecule has 0 aromatic heterocycles. The van der Waals surface area contributed by atoms with Crippen molar-refractivity contribution in [3.63, 3.8) is 0 Å². The van der Waals surface area contributed by atoms with E-state index in [0.29, 0.717) is 54.0 Å². The Bertz CT molecular complexity index is 1130. The standard InChI is InChI=1S/C39H68N4O6/c1-23-31-18-29(39(31,3)4)19-32(23)41-38(47)35-34(24(2)45)33(21-44)49-43(35)20-28-11-8-12-30(36(28)48-22-25-13-14-25)26-9-7-10-27(17-26)37(46)40-15-16-42(5)6/h23-36,44-45H,7-22H2,1-6H3,(H,40,46)(H,41,47)/t23-,24-,26?,27?,28?,29+,30?,31-,32-,33-,34+,35-,36?/m0/s1. The van der Waals surface area contributed by atoms with Crippen LogP contribution in [0.5, 0.6) is 0 Å². The van der Waals surface area contributed by atoms with E-state index in [0.717, 1.165) is 64.5 Å². The molecular weight excluding hydrogens is 620 g/mol. The molecule has 1 aliphatic heterocycles. The lowest BCUT2D eigenvalue weighted by atomic mass is 9.45. The van der Waals surface area contributed by atoms with Gasteiger partial charge >= 0.3 is 0 Å². The monoisotopic (exact) mass is 689 g/mol. The van der Waals surface area contributed by atoms with E-state index in [1.807, 2.05) is 19.2 Å². The third-order valence-electron chi connectivity index (χ3n) is 14.2. The highest BCUT2D eigenvalue weighted by molar-refractivity contribution is 5.83. The second kappa shape index (κ2) is 15.7. The minimum atomic E-state index is -0.807. The van der Waals surface area contributed by atoms with Crippen molar-refractivity contribution in [2.45, 2.75) is 129 Å². The van der Waals surface area contributed by atoms with Crippen molar-refractivity contribution < 1.29 is 29.4 Å². The van der Waals surface area contributed by atoms with Gasteiger partial charge in [-0.05, 0) is 113 Å². The highest BCUT2D eigenvalue weighted by Crippen LogP contribution is 2.61. The molecule has 7 rings (SSSR count). The van der Waals surface area contributed by atoms with Crippen LogP contribution in [0.4, 0.5) is 0 Å². The zero-order valence-corrected chi connectivity index (χ0v) is 31.3. The molecule has 1 heterocycles. The fourth-order valence-electron chi connectivity index (χ4n) is 10.9. The van der Waals surface area contributed by atoms with Crippen LogP contribution in [0, 0.1) is 58.7 Å². The third kappa shape index (κ3) is 8.20. The molecule has 6 saturated carbocycles. The molecular formula is C39H68N4O6. The van der Waals surface area contributed by atoms with Crippen LogP contribution in [0.1, 0.15) is 98.3 Å². The number of nitrogens with zero attached hydrogens (tertiary/aromatic N) is 2. The van der Waals surface area contributed by atoms with Crippen LogP contribution in [0.3, 0.4) is 0 Å². The quantitative estimate of drug-likeness (QED) is 0.217. The number of hydrogen-bond acceptors (Lipinski definition) is 8. The Hall–Kier alpha value is -1.30. The molecule has 280 valence electrons. The van der Waals surface area contributed by atoms with Gasteiger partial charge in [0.05, 0.1) is 18.8 Å². The van der Waals surface area contributed by atoms with Gasteiger partial charge in [0.1, 0.15) is 12.1 Å². The molecule has 10 heteroatoms. The number of ether oxygens (including phenoxy) is 1. The molecule has 2 bridgehead atoms. The fraction of sp³-hybridized carbons (Fsp3) is 0.949. The van der Waals surface area contributed by atoms with Gasteiger partial charge in [0.25, 0.3) is 0 Å². The zero-order valence-electron chi connectivity index (χ0n) is 31.3. The molecule has 1 saturated heterocycles. The number of carbonyl (C=O) groups excluding carboxylic acids is 2. The summed E-state index contributed by atoms with van der Waals surface area (Å²) in [7, 11) is 4.06. The van der Waals surface area contributed by atoms with Gasteiger partial charge < -0.3 is 30.5 Å². The molecule has 6 aliphatic carbocycles. The highest BCUT2D eigenvalue weighted by atomic mass is 16.7. The van der Waals surface area contributed by atoms with Gasteiger partial charge in [-0.15, -0.1) is 0 Å². The van der Waals surface area contributed by atoms with E-state index in [1.54, 1.807) is 6.92 Å². The maximum absolute atomic E-state index is 14.3. The Balaban J connectivity index is 1.16. The highest BCUT2D eigenvalue weighted by Gasteiger charge is 2.58. The van der Waals surface area contributed by atoms with Crippen molar-refractivity contribution in [3.8, 4) is 0 Å². The lowest BCUT2D eigenvalue weighted by Crippen LogP contribution is -2.62. The van der Waals surface area contributed by atoms with Crippen molar-refractivity contribution in [3.05, 3.63) is 0 Å². The van der Waals surface area contributed by atoms with Gasteiger partial charge in [-0.25, -0.2) is 0 Å². The Kier molecular flexibility index (Phi) is 12.0. The van der Waals surface area contributed by atoms with Crippen LogP contribution in [-0.4, -0.2) is 109 Å². The van der Waals surface area contributed by atoms with Gasteiger partial charge in [0.2, 0.25) is 11.8 Å². The Morgan fingerprint density at radius 2 is 1.80 bits per heavy atom. The summed E-state index contributed by atoms with van der Waals surface area (Å²) in [5.41, 5.74) is 0.328. The van der Waals surface area contributed by atoms with E-state index in [-0.39, 0.29) is 42.4 Å². The molecule has 4 N–H and O–H groups in total. The van der Waals surface area contributed by atoms with Crippen molar-refractivity contribution >= 4 is 11.8 Å². The molecule has 7 aliphatic rings. The minimum Gasteiger partial charge on any atom is -0.394 e. The molecule has 0 aromatic rings. The Labute approximate surface area is 295 Å². The average molecular weight is 689 g/mol. The summed E-state index contributed by atoms with van der Waals surface area (Å²) >= 11 is 0. The summed E-state index contributed by atoms with van der Waals surface area (Å²) in [6, 6.07) is -0.563. The Morgan fingerprint density at radius 3 is 2.45 bits per heavy atom. The zero-order chi connectivity index (χ0) is 35.0. The molecule has 10 nitrogen and oxygen atoms in total. The van der Waals surface area contributed by atoms with Crippen LogP contribution in [-0.2, 0) is 19.2 Å². The molecule has 0 spiro atoms. The van der Waals surface area contributed by atoms with Gasteiger partial charge in [0, 0.05) is 50.0 Å². The van der Waals surface area contributed by atoms with Crippen LogP contribution in [0.2, 0.25) is 0 Å². The van der Waals surface area contributed by atoms with E-state index in [9.17, 15) is 19.8 Å². The van der Waals surface area contributed by atoms with Crippen LogP contribution in [0.15, 0.2) is 0 Å². The smallest absolute Gasteiger partial charge is 0.240 e. The second-order valence-corrected chi connectivity index (χ2v) is 18.1. The van der Waals surface area contributed by atoms with Crippen LogP contribution < -0.4 is 10.6 Å². The van der Waals surface area contributed by atoms with Gasteiger partial charge in [-0.1, -0.05) is 40.0 Å². The number of aliphatic hydroxyl groups excluding tert-OH is 2. The van der Waals surface area contributed by atoms with Gasteiger partial charge in [0.15, 0.2) is 0 Å². The van der Waals surface area contributed by atoms with Crippen LogP contribution in [0.25, 0.3) is 0 Å². The van der Waals surface area contributed by atoms with Gasteiger partial charge in [-0.2, -0.15) is 5.06 Å². The van der Waals surface area contributed by atoms with Crippen molar-refractivity contribution in [1.29, 1.82) is 0 Å². The predicted octanol–water partition coefficient (Wildman–Crippen LogP) is 3.84. The first kappa shape index (κ1) is 37.5. The molecule has 5 unspecified atom stereocenters. The number of amides is 2. The summed E-state index contributed by atoms with van der Waals surface area (Å²) < 4.78 is 6.89. The fourth-order valence-corrected chi connectivity index (χ4v) is 10.9. The maximum atomic E-state index is 14.3. The third-order valence-corrected chi connectivity index (χ3v) is 14.2. The second-order valence-electron chi connectivity index (χ2n) is 18.1. The number of likely N-dealkylation sites (N-methyl/N-ethyl adjacent to an activating group) is 1. The number of carbonyl (C=O) groups is 2. The van der Waals surface area contributed by atoms with E-state index >= 15 is 0 Å². The normalized spacial score (nSPS) is 41.2. The van der Waals surface area contributed by atoms with Gasteiger partial charge in [-0.3, -0.25) is 14.4 Å². The van der Waals surface area contributed by atoms with E-state index < -0.39 is 24.2 Å². The Morgan fingerprint density at radius 1 is 1.04 bits per heavy atom. The largest absolute Gasteiger partial charge is 0.394 e. The number of fused-ring (bicyclic) bond motifs is 2. The molecule has 2 amide bonds. The number of hydrogen-bond donors (Lipinski definition) is 4. The van der Waals surface area contributed by atoms with Crippen molar-refractivity contribution in [2.75, 3.05) is 46.9 Å². The predicted molar refractivity (Wildman–Crippen MR) is 189 cm³/mol. The average Bonchev–Trinajstić information content (AvgIpc) is 3.82. The van der Waals surface area contributed by atoms with E-state index in [1.165, 1.54) is 19.3 Å². The maximum Gasteiger partial charge on any atom is 0.240 e. The lowest BCUT2D eigenvalue weighted by molar-refractivity contribution is -0.195. The minimum absolute atomic E-state index is 0.0353. The first-order valence-corrected chi connectivity index (χ1v) is 20.0. The summed E-state index contributed by atoms with van der Waals surface area (Å²) in [5.74, 6) is 2.87. The summed E-state index contributed by atoms with van der Waals surface area (Å²) in [6.07, 6.45) is 10.5. The number of nitrogens with one attached hydrogen (secondary N) is 2. The van der Waals surface area contributed by atoms with E-state index in [4.69, 9.17) is 9.57 Å². The first-order valence-electron chi connectivity index (χ1n) is 20.0. The lowest BCUT2D eigenvalue weighted by Gasteiger charge is -2.62. The topological polar surface area (TPSA) is 124 Å². The molecule has 0 aromatic carbocycles. The molecule has 7 fully saturated rings. The summed E-state index contributed by atoms with van der Waals surface area (Å²) in [5, 5.41) is 29.8. The molecule has 49 heavy (non-hydrogen) atoms. The number of aliphatic hydroxyl groups is 2. The van der Waals surface area contributed by atoms with Crippen molar-refractivity contribution in [1.82, 2.24) is 20.6 Å². The molecule has 0 radical (unpaired) electrons. The first-order chi connectivity index (χ1) is 23.4. The summed E-state index contributed by atoms with van der Waals surface area (Å²) in [4.78, 5) is 36.0. The summed E-state index contributed by atoms with van der Waals surface area (Å²) in [6.45, 7) is 11.3. The van der Waals surface area contributed by atoms with E-state index in [2.05, 4.69) is 36.3 Å². The number of rotatable bonds is 14. The number of hydroxylamine groups is 2.